The summed E-state index contributed by atoms with van der Waals surface area (Å²) in [6.07, 6.45) is 3.13. The molecule has 1 N–H and O–H groups in total. The molecule has 0 saturated carbocycles. The van der Waals surface area contributed by atoms with Crippen LogP contribution in [0.15, 0.2) is 28.7 Å². The summed E-state index contributed by atoms with van der Waals surface area (Å²) in [6, 6.07) is 7.71. The number of rotatable bonds is 6. The number of oxazole rings is 1. The number of amides is 1. The number of nitrogens with one attached hydrogen (secondary N) is 1. The molecule has 0 aliphatic carbocycles. The van der Waals surface area contributed by atoms with Crippen LogP contribution in [0.3, 0.4) is 0 Å². The van der Waals surface area contributed by atoms with Crippen LogP contribution >= 0.6 is 0 Å². The van der Waals surface area contributed by atoms with E-state index in [4.69, 9.17) is 4.42 Å². The lowest BCUT2D eigenvalue weighted by atomic mass is 10.1. The molecule has 118 valence electrons. The molecular formula is C17H23N3O2. The van der Waals surface area contributed by atoms with Gasteiger partial charge in [0.2, 0.25) is 5.91 Å². The van der Waals surface area contributed by atoms with Crippen molar-refractivity contribution in [2.24, 2.45) is 5.92 Å². The molecule has 1 aromatic carbocycles. The highest BCUT2D eigenvalue weighted by Gasteiger charge is 2.19. The fraction of sp³-hybridized carbons (Fsp3) is 0.529. The van der Waals surface area contributed by atoms with E-state index in [0.717, 1.165) is 30.7 Å². The van der Waals surface area contributed by atoms with Crippen molar-refractivity contribution in [3.63, 3.8) is 0 Å². The lowest BCUT2D eigenvalue weighted by molar-refractivity contribution is -0.124. The summed E-state index contributed by atoms with van der Waals surface area (Å²) < 4.78 is 5.65. The maximum Gasteiger partial charge on any atom is 0.224 e. The molecule has 1 aliphatic rings. The molecule has 5 heteroatoms. The number of hydrogen-bond acceptors (Lipinski definition) is 4. The van der Waals surface area contributed by atoms with Crippen molar-refractivity contribution in [3.8, 4) is 0 Å². The van der Waals surface area contributed by atoms with E-state index in [9.17, 15) is 4.79 Å². The Hall–Kier alpha value is -1.88. The maximum atomic E-state index is 12.1. The van der Waals surface area contributed by atoms with Gasteiger partial charge in [-0.15, -0.1) is 0 Å². The zero-order valence-corrected chi connectivity index (χ0v) is 13.0. The van der Waals surface area contributed by atoms with E-state index in [2.05, 4.69) is 15.2 Å². The summed E-state index contributed by atoms with van der Waals surface area (Å²) in [7, 11) is 0. The smallest absolute Gasteiger partial charge is 0.224 e. The van der Waals surface area contributed by atoms with Gasteiger partial charge in [0.1, 0.15) is 5.52 Å². The third-order valence-electron chi connectivity index (χ3n) is 4.15. The Morgan fingerprint density at radius 3 is 2.91 bits per heavy atom. The zero-order chi connectivity index (χ0) is 15.4. The third-order valence-corrected chi connectivity index (χ3v) is 4.15. The minimum absolute atomic E-state index is 0.0294. The second-order valence-electron chi connectivity index (χ2n) is 6.03. The van der Waals surface area contributed by atoms with Gasteiger partial charge in [0, 0.05) is 25.4 Å². The Balaban J connectivity index is 1.44. The Kier molecular flexibility index (Phi) is 4.73. The first kappa shape index (κ1) is 15.0. The first-order valence-corrected chi connectivity index (χ1v) is 8.07. The van der Waals surface area contributed by atoms with Gasteiger partial charge in [-0.05, 0) is 38.1 Å². The summed E-state index contributed by atoms with van der Waals surface area (Å²) >= 11 is 0. The van der Waals surface area contributed by atoms with Crippen molar-refractivity contribution in [2.45, 2.75) is 26.2 Å². The quantitative estimate of drug-likeness (QED) is 0.889. The van der Waals surface area contributed by atoms with Gasteiger partial charge in [-0.2, -0.15) is 0 Å². The largest absolute Gasteiger partial charge is 0.441 e. The molecule has 5 nitrogen and oxygen atoms in total. The average Bonchev–Trinajstić information content (AvgIpc) is 3.15. The van der Waals surface area contributed by atoms with Crippen LogP contribution in [0, 0.1) is 5.92 Å². The molecule has 1 unspecified atom stereocenters. The predicted octanol–water partition coefficient (Wildman–Crippen LogP) is 2.22. The van der Waals surface area contributed by atoms with E-state index in [-0.39, 0.29) is 11.8 Å². The summed E-state index contributed by atoms with van der Waals surface area (Å²) in [5.41, 5.74) is 1.66. The van der Waals surface area contributed by atoms with E-state index in [1.165, 1.54) is 12.8 Å². The number of benzene rings is 1. The van der Waals surface area contributed by atoms with Crippen molar-refractivity contribution in [1.29, 1.82) is 0 Å². The SMILES string of the molecule is CC(CN1CCCC1)C(=O)NCCc1nc2ccccc2o1. The number of fused-ring (bicyclic) bond motifs is 1. The van der Waals surface area contributed by atoms with Gasteiger partial charge in [0.15, 0.2) is 11.5 Å². The van der Waals surface area contributed by atoms with E-state index in [1.54, 1.807) is 0 Å². The summed E-state index contributed by atoms with van der Waals surface area (Å²) in [6.45, 7) is 5.67. The van der Waals surface area contributed by atoms with Crippen LogP contribution in [-0.2, 0) is 11.2 Å². The predicted molar refractivity (Wildman–Crippen MR) is 85.6 cm³/mol. The number of nitrogens with zero attached hydrogens (tertiary/aromatic N) is 2. The van der Waals surface area contributed by atoms with Crippen LogP contribution in [0.25, 0.3) is 11.1 Å². The van der Waals surface area contributed by atoms with Gasteiger partial charge in [-0.25, -0.2) is 4.98 Å². The van der Waals surface area contributed by atoms with Crippen LogP contribution < -0.4 is 5.32 Å². The number of carbonyl (C=O) groups excluding carboxylic acids is 1. The maximum absolute atomic E-state index is 12.1. The second kappa shape index (κ2) is 6.92. The van der Waals surface area contributed by atoms with Crippen molar-refractivity contribution >= 4 is 17.0 Å². The third kappa shape index (κ3) is 3.65. The Labute approximate surface area is 130 Å². The van der Waals surface area contributed by atoms with E-state index >= 15 is 0 Å². The van der Waals surface area contributed by atoms with Crippen LogP contribution in [-0.4, -0.2) is 42.0 Å². The van der Waals surface area contributed by atoms with Crippen LogP contribution in [0.4, 0.5) is 0 Å². The molecule has 1 aliphatic heterocycles. The summed E-state index contributed by atoms with van der Waals surface area (Å²) in [4.78, 5) is 18.9. The molecule has 1 fully saturated rings. The summed E-state index contributed by atoms with van der Waals surface area (Å²) in [5, 5.41) is 2.98. The molecule has 1 aromatic heterocycles. The monoisotopic (exact) mass is 301 g/mol. The van der Waals surface area contributed by atoms with Gasteiger partial charge >= 0.3 is 0 Å². The van der Waals surface area contributed by atoms with Crippen LogP contribution in [0.2, 0.25) is 0 Å². The normalized spacial score (nSPS) is 17.0. The van der Waals surface area contributed by atoms with Crippen molar-refractivity contribution in [1.82, 2.24) is 15.2 Å². The van der Waals surface area contributed by atoms with Gasteiger partial charge in [0.05, 0.1) is 0 Å². The fourth-order valence-corrected chi connectivity index (χ4v) is 2.93. The molecule has 2 heterocycles. The molecule has 1 amide bonds. The number of likely N-dealkylation sites (tertiary alicyclic amines) is 1. The molecule has 22 heavy (non-hydrogen) atoms. The second-order valence-corrected chi connectivity index (χ2v) is 6.03. The Bertz CT molecular complexity index is 599. The zero-order valence-electron chi connectivity index (χ0n) is 13.0. The molecule has 1 atom stereocenters. The first-order valence-electron chi connectivity index (χ1n) is 8.07. The number of hydrogen-bond donors (Lipinski definition) is 1. The van der Waals surface area contributed by atoms with E-state index < -0.39 is 0 Å². The highest BCUT2D eigenvalue weighted by atomic mass is 16.3. The van der Waals surface area contributed by atoms with Crippen LogP contribution in [0.1, 0.15) is 25.7 Å². The highest BCUT2D eigenvalue weighted by molar-refractivity contribution is 5.78. The van der Waals surface area contributed by atoms with Crippen LogP contribution in [0.5, 0.6) is 0 Å². The lowest BCUT2D eigenvalue weighted by Gasteiger charge is -2.19. The standard InChI is InChI=1S/C17H23N3O2/c1-13(12-20-10-4-5-11-20)17(21)18-9-8-16-19-14-6-2-3-7-15(14)22-16/h2-3,6-7,13H,4-5,8-12H2,1H3,(H,18,21). The topological polar surface area (TPSA) is 58.4 Å². The highest BCUT2D eigenvalue weighted by Crippen LogP contribution is 2.14. The minimum Gasteiger partial charge on any atom is -0.441 e. The molecule has 0 radical (unpaired) electrons. The lowest BCUT2D eigenvalue weighted by Crippen LogP contribution is -2.37. The average molecular weight is 301 g/mol. The minimum atomic E-state index is 0.0294. The van der Waals surface area contributed by atoms with Crippen molar-refractivity contribution in [3.05, 3.63) is 30.2 Å². The van der Waals surface area contributed by atoms with Crippen molar-refractivity contribution < 1.29 is 9.21 Å². The molecule has 3 rings (SSSR count). The van der Waals surface area contributed by atoms with Gasteiger partial charge < -0.3 is 14.6 Å². The first-order chi connectivity index (χ1) is 10.7. The van der Waals surface area contributed by atoms with Crippen molar-refractivity contribution in [2.75, 3.05) is 26.2 Å². The molecular weight excluding hydrogens is 278 g/mol. The van der Waals surface area contributed by atoms with Gasteiger partial charge in [0.25, 0.3) is 0 Å². The molecule has 0 spiro atoms. The molecule has 2 aromatic rings. The van der Waals surface area contributed by atoms with E-state index in [0.29, 0.717) is 18.9 Å². The molecule has 0 bridgehead atoms. The number of para-hydroxylation sites is 2. The fourth-order valence-electron chi connectivity index (χ4n) is 2.93. The Morgan fingerprint density at radius 2 is 2.14 bits per heavy atom. The van der Waals surface area contributed by atoms with Gasteiger partial charge in [-0.1, -0.05) is 19.1 Å². The van der Waals surface area contributed by atoms with Gasteiger partial charge in [-0.3, -0.25) is 4.79 Å². The molecule has 1 saturated heterocycles. The summed E-state index contributed by atoms with van der Waals surface area (Å²) in [5.74, 6) is 0.818. The Morgan fingerprint density at radius 1 is 1.36 bits per heavy atom. The number of aromatic nitrogens is 1. The van der Waals surface area contributed by atoms with E-state index in [1.807, 2.05) is 31.2 Å². The number of carbonyl (C=O) groups is 1.